The van der Waals surface area contributed by atoms with Gasteiger partial charge in [-0.25, -0.2) is 9.07 Å². The Morgan fingerprint density at radius 3 is 2.31 bits per heavy atom. The molecule has 7 heteroatoms. The van der Waals surface area contributed by atoms with Crippen molar-refractivity contribution in [2.45, 2.75) is 25.4 Å². The number of hydrogen-bond donors (Lipinski definition) is 0. The SMILES string of the molecule is Fc1ccccc1N1CCN(Cn2nc(C3CC3)n(-c3ccccc3)c2=S)CC1. The molecule has 150 valence electrons. The lowest BCUT2D eigenvalue weighted by atomic mass is 10.2. The van der Waals surface area contributed by atoms with Crippen molar-refractivity contribution in [3.05, 3.63) is 71.0 Å². The summed E-state index contributed by atoms with van der Waals surface area (Å²) in [6.45, 7) is 3.97. The molecular weight excluding hydrogens is 385 g/mol. The summed E-state index contributed by atoms with van der Waals surface area (Å²) in [5.41, 5.74) is 1.77. The summed E-state index contributed by atoms with van der Waals surface area (Å²) in [5, 5.41) is 4.89. The number of benzene rings is 2. The molecule has 1 saturated heterocycles. The van der Waals surface area contributed by atoms with Crippen LogP contribution in [0.25, 0.3) is 5.69 Å². The molecule has 1 saturated carbocycles. The van der Waals surface area contributed by atoms with Gasteiger partial charge in [-0.3, -0.25) is 9.47 Å². The molecule has 2 fully saturated rings. The Kier molecular flexibility index (Phi) is 4.93. The first-order valence-electron chi connectivity index (χ1n) is 10.2. The molecule has 1 aromatic heterocycles. The fraction of sp³-hybridized carbons (Fsp3) is 0.364. The third-order valence-electron chi connectivity index (χ3n) is 5.72. The van der Waals surface area contributed by atoms with E-state index in [0.29, 0.717) is 18.3 Å². The summed E-state index contributed by atoms with van der Waals surface area (Å²) in [4.78, 5) is 4.45. The van der Waals surface area contributed by atoms with Crippen molar-refractivity contribution in [3.63, 3.8) is 0 Å². The molecule has 2 heterocycles. The molecule has 0 amide bonds. The molecule has 1 aliphatic carbocycles. The smallest absolute Gasteiger partial charge is 0.203 e. The molecule has 1 aliphatic heterocycles. The highest BCUT2D eigenvalue weighted by Gasteiger charge is 2.31. The second kappa shape index (κ2) is 7.72. The minimum Gasteiger partial charge on any atom is -0.367 e. The number of rotatable bonds is 5. The zero-order valence-corrected chi connectivity index (χ0v) is 17.1. The van der Waals surface area contributed by atoms with Crippen LogP contribution >= 0.6 is 12.2 Å². The second-order valence-corrected chi connectivity index (χ2v) is 8.15. The van der Waals surface area contributed by atoms with Gasteiger partial charge in [-0.2, -0.15) is 5.10 Å². The van der Waals surface area contributed by atoms with Crippen LogP contribution in [0.1, 0.15) is 24.6 Å². The van der Waals surface area contributed by atoms with Gasteiger partial charge in [0.25, 0.3) is 0 Å². The van der Waals surface area contributed by atoms with E-state index >= 15 is 0 Å². The minimum absolute atomic E-state index is 0.154. The molecule has 2 aromatic carbocycles. The maximum absolute atomic E-state index is 14.1. The zero-order chi connectivity index (χ0) is 19.8. The second-order valence-electron chi connectivity index (χ2n) is 7.78. The number of para-hydroxylation sites is 2. The fourth-order valence-electron chi connectivity index (χ4n) is 3.97. The molecule has 0 bridgehead atoms. The standard InChI is InChI=1S/C22H24FN5S/c23-19-8-4-5-9-20(19)26-14-12-25(13-15-26)16-27-22(29)28(18-6-2-1-3-7-18)21(24-27)17-10-11-17/h1-9,17H,10-16H2. The van der Waals surface area contributed by atoms with Crippen molar-refractivity contribution in [1.29, 1.82) is 0 Å². The molecule has 5 rings (SSSR count). The number of nitrogens with zero attached hydrogens (tertiary/aromatic N) is 5. The van der Waals surface area contributed by atoms with Crippen LogP contribution < -0.4 is 4.90 Å². The summed E-state index contributed by atoms with van der Waals surface area (Å²) < 4.78 is 18.9. The van der Waals surface area contributed by atoms with E-state index in [4.69, 9.17) is 17.3 Å². The van der Waals surface area contributed by atoms with E-state index in [1.807, 2.05) is 35.0 Å². The molecule has 0 radical (unpaired) electrons. The monoisotopic (exact) mass is 409 g/mol. The summed E-state index contributed by atoms with van der Waals surface area (Å²) >= 11 is 5.80. The number of halogens is 1. The van der Waals surface area contributed by atoms with Crippen LogP contribution in [0, 0.1) is 10.6 Å². The van der Waals surface area contributed by atoms with Gasteiger partial charge in [0.2, 0.25) is 4.77 Å². The Morgan fingerprint density at radius 1 is 0.931 bits per heavy atom. The highest BCUT2D eigenvalue weighted by Crippen LogP contribution is 2.40. The lowest BCUT2D eigenvalue weighted by Crippen LogP contribution is -2.47. The molecule has 3 aromatic rings. The molecule has 0 atom stereocenters. The summed E-state index contributed by atoms with van der Waals surface area (Å²) in [5.74, 6) is 1.43. The van der Waals surface area contributed by atoms with Crippen molar-refractivity contribution in [2.75, 3.05) is 31.1 Å². The summed E-state index contributed by atoms with van der Waals surface area (Å²) in [6, 6.07) is 17.3. The molecule has 2 aliphatic rings. The summed E-state index contributed by atoms with van der Waals surface area (Å²) in [6.07, 6.45) is 2.36. The first kappa shape index (κ1) is 18.5. The molecule has 0 N–H and O–H groups in total. The van der Waals surface area contributed by atoms with Crippen molar-refractivity contribution in [3.8, 4) is 5.69 Å². The fourth-order valence-corrected chi connectivity index (χ4v) is 4.27. The predicted molar refractivity (Wildman–Crippen MR) is 115 cm³/mol. The van der Waals surface area contributed by atoms with Gasteiger partial charge < -0.3 is 4.90 Å². The van der Waals surface area contributed by atoms with Gasteiger partial charge in [0.1, 0.15) is 11.6 Å². The van der Waals surface area contributed by atoms with Crippen LogP contribution in [0.2, 0.25) is 0 Å². The van der Waals surface area contributed by atoms with Crippen LogP contribution in [0.15, 0.2) is 54.6 Å². The zero-order valence-electron chi connectivity index (χ0n) is 16.2. The summed E-state index contributed by atoms with van der Waals surface area (Å²) in [7, 11) is 0. The van der Waals surface area contributed by atoms with Crippen LogP contribution in [-0.2, 0) is 6.67 Å². The van der Waals surface area contributed by atoms with Gasteiger partial charge in [-0.15, -0.1) is 0 Å². The number of aromatic nitrogens is 3. The predicted octanol–water partition coefficient (Wildman–Crippen LogP) is 4.20. The van der Waals surface area contributed by atoms with Gasteiger partial charge in [-0.05, 0) is 49.3 Å². The molecule has 0 unspecified atom stereocenters. The average Bonchev–Trinajstić information content (AvgIpc) is 3.55. The van der Waals surface area contributed by atoms with E-state index < -0.39 is 0 Å². The Morgan fingerprint density at radius 2 is 1.62 bits per heavy atom. The maximum atomic E-state index is 14.1. The minimum atomic E-state index is -0.154. The Balaban J connectivity index is 1.33. The van der Waals surface area contributed by atoms with Gasteiger partial charge in [0.05, 0.1) is 12.4 Å². The number of anilines is 1. The van der Waals surface area contributed by atoms with E-state index in [9.17, 15) is 4.39 Å². The maximum Gasteiger partial charge on any atom is 0.203 e. The Labute approximate surface area is 175 Å². The van der Waals surface area contributed by atoms with E-state index in [1.165, 1.54) is 18.9 Å². The quantitative estimate of drug-likeness (QED) is 0.591. The molecule has 29 heavy (non-hydrogen) atoms. The Hall–Kier alpha value is -2.51. The van der Waals surface area contributed by atoms with Crippen LogP contribution in [0.3, 0.4) is 0 Å². The van der Waals surface area contributed by atoms with Crippen LogP contribution in [0.5, 0.6) is 0 Å². The van der Waals surface area contributed by atoms with Crippen LogP contribution in [0.4, 0.5) is 10.1 Å². The topological polar surface area (TPSA) is 29.2 Å². The van der Waals surface area contributed by atoms with Gasteiger partial charge >= 0.3 is 0 Å². The van der Waals surface area contributed by atoms with Gasteiger partial charge in [-0.1, -0.05) is 30.3 Å². The highest BCUT2D eigenvalue weighted by molar-refractivity contribution is 7.71. The van der Waals surface area contributed by atoms with Gasteiger partial charge in [0, 0.05) is 37.8 Å². The van der Waals surface area contributed by atoms with Crippen molar-refractivity contribution >= 4 is 17.9 Å². The van der Waals surface area contributed by atoms with Crippen molar-refractivity contribution < 1.29 is 4.39 Å². The van der Waals surface area contributed by atoms with Crippen molar-refractivity contribution in [2.24, 2.45) is 0 Å². The number of piperazine rings is 1. The first-order valence-corrected chi connectivity index (χ1v) is 10.6. The van der Waals surface area contributed by atoms with Gasteiger partial charge in [0.15, 0.2) is 0 Å². The normalized spacial score (nSPS) is 17.6. The Bertz CT molecular complexity index is 1050. The molecule has 0 spiro atoms. The van der Waals surface area contributed by atoms with E-state index in [2.05, 4.69) is 26.5 Å². The largest absolute Gasteiger partial charge is 0.367 e. The average molecular weight is 410 g/mol. The van der Waals surface area contributed by atoms with E-state index in [-0.39, 0.29) is 5.82 Å². The van der Waals surface area contributed by atoms with Crippen LogP contribution in [-0.4, -0.2) is 45.4 Å². The third kappa shape index (κ3) is 3.72. The molecular formula is C22H24FN5S. The first-order chi connectivity index (χ1) is 14.2. The lowest BCUT2D eigenvalue weighted by Gasteiger charge is -2.35. The van der Waals surface area contributed by atoms with Crippen molar-refractivity contribution in [1.82, 2.24) is 19.2 Å². The lowest BCUT2D eigenvalue weighted by molar-refractivity contribution is 0.193. The third-order valence-corrected chi connectivity index (χ3v) is 6.11. The highest BCUT2D eigenvalue weighted by atomic mass is 32.1. The number of hydrogen-bond acceptors (Lipinski definition) is 4. The van der Waals surface area contributed by atoms with E-state index in [0.717, 1.165) is 42.5 Å². The molecule has 5 nitrogen and oxygen atoms in total. The van der Waals surface area contributed by atoms with E-state index in [1.54, 1.807) is 6.07 Å².